The lowest BCUT2D eigenvalue weighted by molar-refractivity contribution is -0.142. The van der Waals surface area contributed by atoms with Crippen molar-refractivity contribution in [2.75, 3.05) is 0 Å². The van der Waals surface area contributed by atoms with Crippen LogP contribution < -0.4 is 5.32 Å². The van der Waals surface area contributed by atoms with Crippen molar-refractivity contribution >= 4 is 16.9 Å². The number of esters is 1. The molecule has 136 valence electrons. The third-order valence-corrected chi connectivity index (χ3v) is 5.01. The lowest BCUT2D eigenvalue weighted by atomic mass is 9.93. The van der Waals surface area contributed by atoms with Gasteiger partial charge >= 0.3 is 5.97 Å². The first-order valence-electron chi connectivity index (χ1n) is 8.95. The first kappa shape index (κ1) is 18.2. The maximum atomic E-state index is 11.2. The molecule has 0 unspecified atom stereocenters. The van der Waals surface area contributed by atoms with Crippen LogP contribution in [0, 0.1) is 20.8 Å². The van der Waals surface area contributed by atoms with Crippen molar-refractivity contribution in [1.82, 2.24) is 10.3 Å². The molecule has 1 heterocycles. The summed E-state index contributed by atoms with van der Waals surface area (Å²) in [5, 5.41) is 4.83. The summed E-state index contributed by atoms with van der Waals surface area (Å²) in [6.07, 6.45) is 1.98. The molecule has 4 nitrogen and oxygen atoms in total. The number of hydrogen-bond acceptors (Lipinski definition) is 3. The number of hydrogen-bond donors (Lipinski definition) is 2. The van der Waals surface area contributed by atoms with E-state index in [1.54, 1.807) is 0 Å². The monoisotopic (exact) mass is 350 g/mol. The highest BCUT2D eigenvalue weighted by Gasteiger charge is 2.12. The van der Waals surface area contributed by atoms with E-state index in [0.29, 0.717) is 6.61 Å². The average Bonchev–Trinajstić information content (AvgIpc) is 3.06. The number of benzene rings is 2. The van der Waals surface area contributed by atoms with Crippen LogP contribution in [-0.2, 0) is 29.2 Å². The van der Waals surface area contributed by atoms with Gasteiger partial charge < -0.3 is 15.0 Å². The molecule has 2 aromatic carbocycles. The summed E-state index contributed by atoms with van der Waals surface area (Å²) in [7, 11) is 0. The van der Waals surface area contributed by atoms with Gasteiger partial charge in [0.25, 0.3) is 0 Å². The smallest absolute Gasteiger partial charge is 0.302 e. The van der Waals surface area contributed by atoms with Crippen LogP contribution in [0.5, 0.6) is 0 Å². The molecular weight excluding hydrogens is 324 g/mol. The van der Waals surface area contributed by atoms with Gasteiger partial charge in [0.2, 0.25) is 0 Å². The SMILES string of the molecule is CC(=O)OCc1c(C)cc(C)c(CNCc2cccc3[nH]ccc23)c1C. The van der Waals surface area contributed by atoms with Gasteiger partial charge in [0.15, 0.2) is 0 Å². The predicted molar refractivity (Wildman–Crippen MR) is 105 cm³/mol. The van der Waals surface area contributed by atoms with Gasteiger partial charge in [-0.15, -0.1) is 0 Å². The zero-order chi connectivity index (χ0) is 18.7. The number of aromatic amines is 1. The Bertz CT molecular complexity index is 941. The third-order valence-electron chi connectivity index (χ3n) is 5.01. The first-order chi connectivity index (χ1) is 12.5. The van der Waals surface area contributed by atoms with Gasteiger partial charge in [0.05, 0.1) is 0 Å². The van der Waals surface area contributed by atoms with Crippen molar-refractivity contribution in [3.63, 3.8) is 0 Å². The predicted octanol–water partition coefficient (Wildman–Crippen LogP) is 4.45. The van der Waals surface area contributed by atoms with E-state index in [9.17, 15) is 4.79 Å². The molecule has 0 amide bonds. The van der Waals surface area contributed by atoms with Crippen LogP contribution in [0.4, 0.5) is 0 Å². The van der Waals surface area contributed by atoms with E-state index in [1.807, 2.05) is 6.20 Å². The Labute approximate surface area is 154 Å². The molecule has 26 heavy (non-hydrogen) atoms. The number of fused-ring (bicyclic) bond motifs is 1. The van der Waals surface area contributed by atoms with E-state index in [-0.39, 0.29) is 5.97 Å². The Morgan fingerprint density at radius 1 is 1.08 bits per heavy atom. The van der Waals surface area contributed by atoms with Gasteiger partial charge in [-0.25, -0.2) is 0 Å². The second-order valence-electron chi connectivity index (χ2n) is 6.83. The third kappa shape index (κ3) is 3.81. The zero-order valence-corrected chi connectivity index (χ0v) is 15.9. The second-order valence-corrected chi connectivity index (χ2v) is 6.83. The van der Waals surface area contributed by atoms with Crippen LogP contribution in [0.3, 0.4) is 0 Å². The molecule has 0 bridgehead atoms. The fourth-order valence-corrected chi connectivity index (χ4v) is 3.57. The van der Waals surface area contributed by atoms with Crippen molar-refractivity contribution < 1.29 is 9.53 Å². The maximum Gasteiger partial charge on any atom is 0.302 e. The minimum Gasteiger partial charge on any atom is -0.461 e. The Balaban J connectivity index is 1.76. The molecule has 0 aliphatic heterocycles. The molecule has 0 saturated carbocycles. The van der Waals surface area contributed by atoms with Crippen molar-refractivity contribution in [1.29, 1.82) is 0 Å². The number of carbonyl (C=O) groups excluding carboxylic acids is 1. The summed E-state index contributed by atoms with van der Waals surface area (Å²) in [4.78, 5) is 14.4. The van der Waals surface area contributed by atoms with Crippen LogP contribution in [0.2, 0.25) is 0 Å². The molecule has 3 aromatic rings. The molecular formula is C22H26N2O2. The molecule has 0 radical (unpaired) electrons. The minimum absolute atomic E-state index is 0.247. The van der Waals surface area contributed by atoms with Gasteiger partial charge in [0, 0.05) is 37.1 Å². The summed E-state index contributed by atoms with van der Waals surface area (Å²) in [5.74, 6) is -0.247. The Kier molecular flexibility index (Phi) is 5.43. The van der Waals surface area contributed by atoms with Crippen LogP contribution in [0.15, 0.2) is 36.5 Å². The Morgan fingerprint density at radius 3 is 2.62 bits per heavy atom. The van der Waals surface area contributed by atoms with Crippen LogP contribution in [0.1, 0.15) is 40.3 Å². The van der Waals surface area contributed by atoms with E-state index in [4.69, 9.17) is 4.74 Å². The zero-order valence-electron chi connectivity index (χ0n) is 15.9. The van der Waals surface area contributed by atoms with Crippen LogP contribution in [0.25, 0.3) is 10.9 Å². The fraction of sp³-hybridized carbons (Fsp3) is 0.318. The van der Waals surface area contributed by atoms with Crippen molar-refractivity contribution in [3.8, 4) is 0 Å². The average molecular weight is 350 g/mol. The van der Waals surface area contributed by atoms with E-state index >= 15 is 0 Å². The summed E-state index contributed by atoms with van der Waals surface area (Å²) < 4.78 is 5.23. The highest BCUT2D eigenvalue weighted by Crippen LogP contribution is 2.24. The largest absolute Gasteiger partial charge is 0.461 e. The van der Waals surface area contributed by atoms with E-state index in [2.05, 4.69) is 61.4 Å². The normalized spacial score (nSPS) is 11.1. The van der Waals surface area contributed by atoms with Crippen molar-refractivity contribution in [3.05, 3.63) is 69.9 Å². The van der Waals surface area contributed by atoms with Gasteiger partial charge in [-0.2, -0.15) is 0 Å². The molecule has 1 aromatic heterocycles. The van der Waals surface area contributed by atoms with E-state index in [1.165, 1.54) is 40.1 Å². The highest BCUT2D eigenvalue weighted by atomic mass is 16.5. The number of ether oxygens (including phenoxy) is 1. The summed E-state index contributed by atoms with van der Waals surface area (Å²) >= 11 is 0. The fourth-order valence-electron chi connectivity index (χ4n) is 3.57. The quantitative estimate of drug-likeness (QED) is 0.646. The highest BCUT2D eigenvalue weighted by molar-refractivity contribution is 5.82. The van der Waals surface area contributed by atoms with E-state index < -0.39 is 0 Å². The van der Waals surface area contributed by atoms with Crippen molar-refractivity contribution in [2.45, 2.75) is 47.4 Å². The number of carbonyl (C=O) groups is 1. The Hall–Kier alpha value is -2.59. The number of aryl methyl sites for hydroxylation is 2. The molecule has 4 heteroatoms. The summed E-state index contributed by atoms with van der Waals surface area (Å²) in [6.45, 7) is 9.70. The molecule has 0 aliphatic rings. The Morgan fingerprint density at radius 2 is 1.85 bits per heavy atom. The standard InChI is InChI=1S/C22H26N2O2/c1-14-10-15(2)21(13-26-17(4)25)16(3)20(14)12-23-11-18-6-5-7-22-19(18)8-9-24-22/h5-10,23-24H,11-13H2,1-4H3. The molecule has 3 rings (SSSR count). The molecule has 0 aliphatic carbocycles. The number of aromatic nitrogens is 1. The van der Waals surface area contributed by atoms with E-state index in [0.717, 1.165) is 24.2 Å². The molecule has 2 N–H and O–H groups in total. The maximum absolute atomic E-state index is 11.2. The number of H-pyrrole nitrogens is 1. The number of rotatable bonds is 6. The molecule has 0 fully saturated rings. The first-order valence-corrected chi connectivity index (χ1v) is 8.95. The van der Waals surface area contributed by atoms with Gasteiger partial charge in [-0.1, -0.05) is 18.2 Å². The van der Waals surface area contributed by atoms with Gasteiger partial charge in [0.1, 0.15) is 6.61 Å². The van der Waals surface area contributed by atoms with Crippen molar-refractivity contribution in [2.24, 2.45) is 0 Å². The van der Waals surface area contributed by atoms with Crippen LogP contribution >= 0.6 is 0 Å². The summed E-state index contributed by atoms with van der Waals surface area (Å²) in [5.41, 5.74) is 8.47. The van der Waals surface area contributed by atoms with Gasteiger partial charge in [-0.3, -0.25) is 4.79 Å². The second kappa shape index (κ2) is 7.75. The summed E-state index contributed by atoms with van der Waals surface area (Å²) in [6, 6.07) is 10.6. The number of nitrogens with one attached hydrogen (secondary N) is 2. The lowest BCUT2D eigenvalue weighted by Gasteiger charge is -2.18. The molecule has 0 spiro atoms. The minimum atomic E-state index is -0.247. The molecule has 0 saturated heterocycles. The van der Waals surface area contributed by atoms with Crippen LogP contribution in [-0.4, -0.2) is 11.0 Å². The van der Waals surface area contributed by atoms with Gasteiger partial charge in [-0.05, 0) is 66.3 Å². The molecule has 0 atom stereocenters. The topological polar surface area (TPSA) is 54.1 Å². The lowest BCUT2D eigenvalue weighted by Crippen LogP contribution is -2.16.